The maximum absolute atomic E-state index is 9.48. The van der Waals surface area contributed by atoms with Gasteiger partial charge in [0.1, 0.15) is 5.75 Å². The van der Waals surface area contributed by atoms with Crippen molar-refractivity contribution in [3.63, 3.8) is 0 Å². The van der Waals surface area contributed by atoms with Gasteiger partial charge in [-0.25, -0.2) is 9.98 Å². The van der Waals surface area contributed by atoms with Crippen LogP contribution in [0.25, 0.3) is 0 Å². The van der Waals surface area contributed by atoms with Crippen molar-refractivity contribution < 1.29 is 22.1 Å². The van der Waals surface area contributed by atoms with Gasteiger partial charge in [0.15, 0.2) is 5.82 Å². The van der Waals surface area contributed by atoms with Gasteiger partial charge in [0.25, 0.3) is 0 Å². The minimum absolute atomic E-state index is 0.220. The number of benzene rings is 1. The molecule has 0 saturated heterocycles. The summed E-state index contributed by atoms with van der Waals surface area (Å²) < 4.78 is 0. The number of aromatic hydroxyl groups is 1. The first-order chi connectivity index (χ1) is 8.77. The molecule has 0 amide bonds. The van der Waals surface area contributed by atoms with Gasteiger partial charge in [-0.3, -0.25) is 0 Å². The van der Waals surface area contributed by atoms with Gasteiger partial charge in [-0.2, -0.15) is 0 Å². The molecule has 0 radical (unpaired) electrons. The van der Waals surface area contributed by atoms with E-state index in [1.807, 2.05) is 18.2 Å². The van der Waals surface area contributed by atoms with Crippen LogP contribution in [0.3, 0.4) is 0 Å². The summed E-state index contributed by atoms with van der Waals surface area (Å²) in [6.07, 6.45) is 3.27. The normalized spacial score (nSPS) is 9.67. The summed E-state index contributed by atoms with van der Waals surface area (Å²) in [6.45, 7) is 0. The third kappa shape index (κ3) is 5.65. The summed E-state index contributed by atoms with van der Waals surface area (Å²) in [5, 5.41) is 9.48. The Bertz CT molecular complexity index is 494. The van der Waals surface area contributed by atoms with E-state index in [2.05, 4.69) is 9.98 Å². The first-order valence-electron chi connectivity index (χ1n) is 4.97. The zero-order valence-corrected chi connectivity index (χ0v) is 12.4. The number of hydrogen-bond donors (Lipinski definition) is 1. The van der Waals surface area contributed by atoms with Crippen molar-refractivity contribution in [1.82, 2.24) is 4.98 Å². The summed E-state index contributed by atoms with van der Waals surface area (Å²) in [7, 11) is 9.78. The van der Waals surface area contributed by atoms with Crippen LogP contribution in [-0.4, -0.2) is 16.3 Å². The number of hydrogen-bond acceptors (Lipinski definition) is 3. The number of para-hydroxylation sites is 1. The summed E-state index contributed by atoms with van der Waals surface area (Å²) in [4.78, 5) is 8.19. The number of pyridine rings is 1. The average Bonchev–Trinajstić information content (AvgIpc) is 2.40. The van der Waals surface area contributed by atoms with Gasteiger partial charge < -0.3 is 5.11 Å². The van der Waals surface area contributed by atoms with Crippen LogP contribution < -0.4 is 0 Å². The van der Waals surface area contributed by atoms with Crippen molar-refractivity contribution in [3.05, 3.63) is 54.2 Å². The summed E-state index contributed by atoms with van der Waals surface area (Å²) in [6, 6.07) is 12.5. The van der Waals surface area contributed by atoms with E-state index in [1.165, 1.54) is 0 Å². The van der Waals surface area contributed by atoms with Crippen molar-refractivity contribution in [1.29, 1.82) is 0 Å². The fourth-order valence-electron chi connectivity index (χ4n) is 1.16. The molecule has 2 rings (SSSR count). The topological polar surface area (TPSA) is 45.5 Å². The number of phenols is 1. The standard InChI is InChI=1S/C12H10N2O.2ClH.Ti/c15-11-6-2-1-5-10(11)9-14-12-7-3-4-8-13-12;;;/h1-9,15H;2*1H;/q;;;+2/p-2/b14-9+;;;. The number of aromatic nitrogens is 1. The van der Waals surface area contributed by atoms with Gasteiger partial charge >= 0.3 is 35.6 Å². The van der Waals surface area contributed by atoms with E-state index >= 15 is 0 Å². The molecule has 6 heteroatoms. The third-order valence-electron chi connectivity index (χ3n) is 1.92. The molecule has 3 nitrogen and oxygen atoms in total. The molecule has 1 aromatic heterocycles. The number of phenolic OH excluding ortho intramolecular Hbond substituents is 1. The molecular weight excluding hydrogens is 307 g/mol. The minimum atomic E-state index is -0.556. The van der Waals surface area contributed by atoms with Crippen molar-refractivity contribution in [3.8, 4) is 5.75 Å². The van der Waals surface area contributed by atoms with Gasteiger partial charge in [0.2, 0.25) is 0 Å². The SMILES string of the molecule is Oc1ccccc1/C=N/c1ccccn1.[Cl][Ti][Cl]. The maximum atomic E-state index is 9.48. The molecule has 1 heterocycles. The van der Waals surface area contributed by atoms with Crippen LogP contribution in [0, 0.1) is 0 Å². The zero-order valence-electron chi connectivity index (χ0n) is 9.29. The van der Waals surface area contributed by atoms with E-state index in [-0.39, 0.29) is 5.75 Å². The molecule has 18 heavy (non-hydrogen) atoms. The number of nitrogens with zero attached hydrogens (tertiary/aromatic N) is 2. The quantitative estimate of drug-likeness (QED) is 0.674. The Morgan fingerprint density at radius 2 is 1.78 bits per heavy atom. The molecule has 2 aromatic rings. The van der Waals surface area contributed by atoms with Gasteiger partial charge in [-0.1, -0.05) is 18.2 Å². The Kier molecular flexibility index (Phi) is 7.69. The average molecular weight is 317 g/mol. The van der Waals surface area contributed by atoms with E-state index in [9.17, 15) is 5.11 Å². The molecule has 0 atom stereocenters. The van der Waals surface area contributed by atoms with E-state index in [1.54, 1.807) is 36.7 Å². The monoisotopic (exact) mass is 316 g/mol. The number of halogens is 2. The molecule has 0 aliphatic rings. The van der Waals surface area contributed by atoms with Crippen LogP contribution in [0.15, 0.2) is 53.7 Å². The number of rotatable bonds is 2. The van der Waals surface area contributed by atoms with E-state index in [0.717, 1.165) is 0 Å². The van der Waals surface area contributed by atoms with Crippen molar-refractivity contribution in [2.75, 3.05) is 0 Å². The Labute approximate surface area is 122 Å². The second-order valence-corrected chi connectivity index (χ2v) is 5.66. The predicted octanol–water partition coefficient (Wildman–Crippen LogP) is 3.91. The van der Waals surface area contributed by atoms with Crippen LogP contribution in [0.5, 0.6) is 5.75 Å². The molecule has 0 fully saturated rings. The third-order valence-corrected chi connectivity index (χ3v) is 1.92. The van der Waals surface area contributed by atoms with Crippen LogP contribution in [0.1, 0.15) is 5.56 Å². The molecule has 0 unspecified atom stereocenters. The van der Waals surface area contributed by atoms with E-state index in [4.69, 9.17) is 18.6 Å². The zero-order chi connectivity index (χ0) is 13.2. The fraction of sp³-hybridized carbons (Fsp3) is 0. The molecule has 1 N–H and O–H groups in total. The second-order valence-electron chi connectivity index (χ2n) is 3.08. The van der Waals surface area contributed by atoms with Gasteiger partial charge in [-0.15, -0.1) is 0 Å². The molecule has 1 aromatic carbocycles. The van der Waals surface area contributed by atoms with Crippen molar-refractivity contribution >= 4 is 30.6 Å². The number of aliphatic imine (C=N–C) groups is 1. The van der Waals surface area contributed by atoms with Crippen molar-refractivity contribution in [2.24, 2.45) is 4.99 Å². The summed E-state index contributed by atoms with van der Waals surface area (Å²) >= 11 is -0.556. The van der Waals surface area contributed by atoms with Crippen LogP contribution in [0.2, 0.25) is 0 Å². The Hall–Kier alpha value is -0.866. The Balaban J connectivity index is 0.000000492. The Morgan fingerprint density at radius 1 is 1.11 bits per heavy atom. The molecular formula is C12H10Cl2N2OTi. The van der Waals surface area contributed by atoms with Gasteiger partial charge in [0.05, 0.1) is 0 Å². The van der Waals surface area contributed by atoms with Gasteiger partial charge in [0, 0.05) is 18.0 Å². The summed E-state index contributed by atoms with van der Waals surface area (Å²) in [5.41, 5.74) is 0.683. The summed E-state index contributed by atoms with van der Waals surface area (Å²) in [5.74, 6) is 0.845. The first-order valence-corrected chi connectivity index (χ1v) is 9.27. The van der Waals surface area contributed by atoms with Crippen LogP contribution >= 0.6 is 18.6 Å². The van der Waals surface area contributed by atoms with Crippen molar-refractivity contribution in [2.45, 2.75) is 0 Å². The second kappa shape index (κ2) is 9.12. The molecule has 0 bridgehead atoms. The predicted molar refractivity (Wildman–Crippen MR) is 71.3 cm³/mol. The first kappa shape index (κ1) is 15.2. The Morgan fingerprint density at radius 3 is 2.39 bits per heavy atom. The van der Waals surface area contributed by atoms with Gasteiger partial charge in [-0.05, 0) is 24.3 Å². The molecule has 92 valence electrons. The van der Waals surface area contributed by atoms with Crippen LogP contribution in [-0.2, 0) is 17.0 Å². The van der Waals surface area contributed by atoms with E-state index in [0.29, 0.717) is 11.4 Å². The fourth-order valence-corrected chi connectivity index (χ4v) is 1.16. The molecule has 0 aliphatic carbocycles. The molecule has 0 aliphatic heterocycles. The van der Waals surface area contributed by atoms with Crippen LogP contribution in [0.4, 0.5) is 5.82 Å². The van der Waals surface area contributed by atoms with E-state index < -0.39 is 17.0 Å². The molecule has 0 spiro atoms. The molecule has 0 saturated carbocycles.